The van der Waals surface area contributed by atoms with Crippen LogP contribution in [-0.4, -0.2) is 41.5 Å². The fraction of sp³-hybridized carbons (Fsp3) is 0.875. The number of rotatable bonds is 9. The smallest absolute Gasteiger partial charge is 0.233 e. The minimum atomic E-state index is -0.581. The number of hydrogen-bond acceptors (Lipinski definition) is 3. The van der Waals surface area contributed by atoms with Crippen LogP contribution in [-0.2, 0) is 4.79 Å². The average molecular weight is 314 g/mol. The van der Waals surface area contributed by atoms with Gasteiger partial charge in [0, 0.05) is 6.04 Å². The van der Waals surface area contributed by atoms with Crippen LogP contribution in [0.15, 0.2) is 0 Å². The highest BCUT2D eigenvalue weighted by atomic mass is 32.1. The fourth-order valence-corrected chi connectivity index (χ4v) is 3.48. The summed E-state index contributed by atoms with van der Waals surface area (Å²) in [6.07, 6.45) is 3.67. The van der Waals surface area contributed by atoms with E-state index in [9.17, 15) is 4.79 Å². The number of nitrogens with zero attached hydrogens (tertiary/aromatic N) is 1. The molecule has 1 fully saturated rings. The summed E-state index contributed by atoms with van der Waals surface area (Å²) in [6, 6.07) is 0.176. The van der Waals surface area contributed by atoms with E-state index in [-0.39, 0.29) is 11.9 Å². The Balaban J connectivity index is 2.38. The van der Waals surface area contributed by atoms with Gasteiger partial charge in [-0.25, -0.2) is 0 Å². The summed E-state index contributed by atoms with van der Waals surface area (Å²) in [6.45, 7) is 11.8. The highest BCUT2D eigenvalue weighted by Gasteiger charge is 2.50. The number of carbonyl (C=O) groups is 1. The van der Waals surface area contributed by atoms with E-state index in [4.69, 9.17) is 18.0 Å². The molecule has 1 saturated carbocycles. The molecule has 1 aliphatic rings. The van der Waals surface area contributed by atoms with E-state index in [2.05, 4.69) is 37.9 Å². The summed E-state index contributed by atoms with van der Waals surface area (Å²) < 4.78 is 0. The Bertz CT molecular complexity index is 363. The summed E-state index contributed by atoms with van der Waals surface area (Å²) in [5.74, 6) is 0.568. The maximum absolute atomic E-state index is 12.5. The molecule has 0 aromatic heterocycles. The first kappa shape index (κ1) is 18.4. The molecular formula is C16H31N3OS. The molecule has 1 aliphatic carbocycles. The van der Waals surface area contributed by atoms with Gasteiger partial charge in [0.15, 0.2) is 0 Å². The first-order valence-electron chi connectivity index (χ1n) is 8.19. The van der Waals surface area contributed by atoms with E-state index in [1.807, 2.05) is 0 Å². The Labute approximate surface area is 134 Å². The summed E-state index contributed by atoms with van der Waals surface area (Å²) in [5.41, 5.74) is 5.23. The third kappa shape index (κ3) is 4.65. The maximum atomic E-state index is 12.5. The van der Waals surface area contributed by atoms with Crippen molar-refractivity contribution in [3.63, 3.8) is 0 Å². The molecule has 1 amide bonds. The van der Waals surface area contributed by atoms with Gasteiger partial charge >= 0.3 is 0 Å². The molecule has 0 aliphatic heterocycles. The lowest BCUT2D eigenvalue weighted by Crippen LogP contribution is -2.57. The normalized spacial score (nSPS) is 26.2. The predicted octanol–water partition coefficient (Wildman–Crippen LogP) is 2.32. The van der Waals surface area contributed by atoms with Crippen LogP contribution in [0.4, 0.5) is 0 Å². The second-order valence-corrected chi connectivity index (χ2v) is 6.94. The summed E-state index contributed by atoms with van der Waals surface area (Å²) in [4.78, 5) is 15.2. The van der Waals surface area contributed by atoms with Gasteiger partial charge in [-0.3, -0.25) is 4.79 Å². The monoisotopic (exact) mass is 313 g/mol. The zero-order chi connectivity index (χ0) is 16.0. The molecule has 0 saturated heterocycles. The van der Waals surface area contributed by atoms with Crippen molar-refractivity contribution in [1.29, 1.82) is 0 Å². The number of thiocarbonyl (C=S) groups is 1. The molecule has 0 aromatic rings. The third-order valence-corrected chi connectivity index (χ3v) is 5.07. The topological polar surface area (TPSA) is 58.4 Å². The van der Waals surface area contributed by atoms with Gasteiger partial charge in [0.2, 0.25) is 5.91 Å². The van der Waals surface area contributed by atoms with Crippen LogP contribution in [0.1, 0.15) is 53.4 Å². The largest absolute Gasteiger partial charge is 0.392 e. The van der Waals surface area contributed by atoms with Crippen molar-refractivity contribution in [2.24, 2.45) is 17.1 Å². The van der Waals surface area contributed by atoms with Crippen LogP contribution < -0.4 is 11.1 Å². The number of carbonyl (C=O) groups excluding carboxylic acids is 1. The minimum absolute atomic E-state index is 0.0310. The maximum Gasteiger partial charge on any atom is 0.233 e. The summed E-state index contributed by atoms with van der Waals surface area (Å²) in [5, 5.41) is 3.11. The van der Waals surface area contributed by atoms with Crippen molar-refractivity contribution in [1.82, 2.24) is 10.2 Å². The van der Waals surface area contributed by atoms with Crippen LogP contribution in [0, 0.1) is 11.3 Å². The van der Waals surface area contributed by atoms with Gasteiger partial charge in [-0.1, -0.05) is 33.0 Å². The van der Waals surface area contributed by atoms with Gasteiger partial charge in [0.05, 0.1) is 10.4 Å². The lowest BCUT2D eigenvalue weighted by Gasteiger charge is -2.44. The van der Waals surface area contributed by atoms with E-state index in [1.54, 1.807) is 0 Å². The second kappa shape index (κ2) is 8.08. The van der Waals surface area contributed by atoms with Crippen molar-refractivity contribution in [3.8, 4) is 0 Å². The van der Waals surface area contributed by atoms with Crippen LogP contribution in [0.3, 0.4) is 0 Å². The van der Waals surface area contributed by atoms with Crippen LogP contribution in [0.25, 0.3) is 0 Å². The van der Waals surface area contributed by atoms with Gasteiger partial charge in [0.1, 0.15) is 0 Å². The molecule has 1 unspecified atom stereocenters. The Hall–Kier alpha value is -0.680. The third-order valence-electron chi connectivity index (χ3n) is 4.68. The van der Waals surface area contributed by atoms with Crippen molar-refractivity contribution >= 4 is 23.1 Å². The van der Waals surface area contributed by atoms with Crippen molar-refractivity contribution in [2.45, 2.75) is 59.4 Å². The van der Waals surface area contributed by atoms with Gasteiger partial charge < -0.3 is 16.0 Å². The van der Waals surface area contributed by atoms with Gasteiger partial charge in [-0.05, 0) is 58.2 Å². The molecular weight excluding hydrogens is 282 g/mol. The Kier molecular flexibility index (Phi) is 7.07. The molecule has 1 atom stereocenters. The minimum Gasteiger partial charge on any atom is -0.392 e. The molecule has 3 N–H and O–H groups in total. The standard InChI is InChI=1S/C16H31N3OS/c1-5-19(6-2)9-7-8-13(4)18-15(20)16(14(17)21)10-12(3)11-16/h12-13H,5-11H2,1-4H3,(H2,17,21)(H,18,20). The van der Waals surface area contributed by atoms with E-state index in [1.165, 1.54) is 0 Å². The summed E-state index contributed by atoms with van der Waals surface area (Å²) in [7, 11) is 0. The van der Waals surface area contributed by atoms with Crippen molar-refractivity contribution in [3.05, 3.63) is 0 Å². The SMILES string of the molecule is CCN(CC)CCCC(C)NC(=O)C1(C(N)=S)CC(C)C1. The molecule has 0 bridgehead atoms. The molecule has 5 heteroatoms. The predicted molar refractivity (Wildman–Crippen MR) is 92.2 cm³/mol. The molecule has 0 aromatic carbocycles. The lowest BCUT2D eigenvalue weighted by atomic mass is 9.62. The van der Waals surface area contributed by atoms with Crippen LogP contribution in [0.2, 0.25) is 0 Å². The number of nitrogens with one attached hydrogen (secondary N) is 1. The number of hydrogen-bond donors (Lipinski definition) is 2. The second-order valence-electron chi connectivity index (χ2n) is 6.50. The van der Waals surface area contributed by atoms with Crippen molar-refractivity contribution < 1.29 is 4.79 Å². The molecule has 0 heterocycles. The molecule has 4 nitrogen and oxygen atoms in total. The van der Waals surface area contributed by atoms with Crippen LogP contribution in [0.5, 0.6) is 0 Å². The van der Waals surface area contributed by atoms with Crippen LogP contribution >= 0.6 is 12.2 Å². The van der Waals surface area contributed by atoms with Gasteiger partial charge in [0.25, 0.3) is 0 Å². The molecule has 21 heavy (non-hydrogen) atoms. The number of amides is 1. The van der Waals surface area contributed by atoms with E-state index in [0.717, 1.165) is 45.3 Å². The van der Waals surface area contributed by atoms with Crippen molar-refractivity contribution in [2.75, 3.05) is 19.6 Å². The first-order chi connectivity index (χ1) is 9.85. The average Bonchev–Trinajstić information content (AvgIpc) is 2.39. The molecule has 0 spiro atoms. The number of nitrogens with two attached hydrogens (primary N) is 1. The Morgan fingerprint density at radius 3 is 2.43 bits per heavy atom. The first-order valence-corrected chi connectivity index (χ1v) is 8.59. The Morgan fingerprint density at radius 2 is 2.00 bits per heavy atom. The quantitative estimate of drug-likeness (QED) is 0.641. The highest BCUT2D eigenvalue weighted by molar-refractivity contribution is 7.80. The Morgan fingerprint density at radius 1 is 1.43 bits per heavy atom. The van der Waals surface area contributed by atoms with Gasteiger partial charge in [-0.15, -0.1) is 0 Å². The van der Waals surface area contributed by atoms with E-state index in [0.29, 0.717) is 10.9 Å². The lowest BCUT2D eigenvalue weighted by molar-refractivity contribution is -0.133. The van der Waals surface area contributed by atoms with Gasteiger partial charge in [-0.2, -0.15) is 0 Å². The van der Waals surface area contributed by atoms with E-state index >= 15 is 0 Å². The summed E-state index contributed by atoms with van der Waals surface area (Å²) >= 11 is 5.13. The zero-order valence-corrected chi connectivity index (χ0v) is 14.8. The fourth-order valence-electron chi connectivity index (χ4n) is 3.22. The highest BCUT2D eigenvalue weighted by Crippen LogP contribution is 2.46. The van der Waals surface area contributed by atoms with E-state index < -0.39 is 5.41 Å². The molecule has 1 rings (SSSR count). The molecule has 0 radical (unpaired) electrons. The molecule has 122 valence electrons. The zero-order valence-electron chi connectivity index (χ0n) is 13.9.